The van der Waals surface area contributed by atoms with E-state index in [0.29, 0.717) is 0 Å². The third-order valence-electron chi connectivity index (χ3n) is 3.74. The molecule has 20 heavy (non-hydrogen) atoms. The van der Waals surface area contributed by atoms with Crippen molar-refractivity contribution >= 4 is 0 Å². The minimum Gasteiger partial charge on any atom is -0.497 e. The van der Waals surface area contributed by atoms with Crippen LogP contribution < -0.4 is 15.2 Å². The smallest absolute Gasteiger partial charge is 0.128 e. The number of methoxy groups -OCH3 is 1. The Hall–Kier alpha value is -2.00. The molecule has 3 rings (SSSR count). The number of ether oxygens (including phenoxy) is 2. The maximum absolute atomic E-state index is 6.26. The predicted octanol–water partition coefficient (Wildman–Crippen LogP) is 3.09. The minimum atomic E-state index is 0.0263. The number of benzene rings is 2. The first-order valence-corrected chi connectivity index (χ1v) is 6.90. The van der Waals surface area contributed by atoms with Gasteiger partial charge in [0.1, 0.15) is 17.6 Å². The van der Waals surface area contributed by atoms with Gasteiger partial charge in [0.2, 0.25) is 0 Å². The summed E-state index contributed by atoms with van der Waals surface area (Å²) in [7, 11) is 1.66. The highest BCUT2D eigenvalue weighted by Crippen LogP contribution is 2.36. The molecule has 3 heteroatoms. The van der Waals surface area contributed by atoms with E-state index >= 15 is 0 Å². The van der Waals surface area contributed by atoms with Gasteiger partial charge in [-0.05, 0) is 11.6 Å². The van der Waals surface area contributed by atoms with Crippen molar-refractivity contribution in [3.05, 3.63) is 59.7 Å². The summed E-state index contributed by atoms with van der Waals surface area (Å²) in [4.78, 5) is 0. The summed E-state index contributed by atoms with van der Waals surface area (Å²) in [5, 5.41) is 0. The van der Waals surface area contributed by atoms with Crippen molar-refractivity contribution in [3.8, 4) is 11.5 Å². The molecule has 0 radical (unpaired) electrons. The quantitative estimate of drug-likeness (QED) is 0.931. The van der Waals surface area contributed by atoms with Crippen LogP contribution in [0, 0.1) is 0 Å². The molecule has 1 aliphatic heterocycles. The van der Waals surface area contributed by atoms with Gasteiger partial charge < -0.3 is 15.2 Å². The van der Waals surface area contributed by atoms with Gasteiger partial charge in [0.25, 0.3) is 0 Å². The normalized spacial score (nSPS) is 20.9. The third-order valence-corrected chi connectivity index (χ3v) is 3.74. The maximum atomic E-state index is 6.26. The Kier molecular flexibility index (Phi) is 3.61. The van der Waals surface area contributed by atoms with Crippen LogP contribution in [0.5, 0.6) is 11.5 Å². The highest BCUT2D eigenvalue weighted by atomic mass is 16.5. The van der Waals surface area contributed by atoms with Gasteiger partial charge in [0.15, 0.2) is 0 Å². The fourth-order valence-electron chi connectivity index (χ4n) is 2.69. The van der Waals surface area contributed by atoms with Crippen molar-refractivity contribution in [3.63, 3.8) is 0 Å². The number of rotatable bonds is 3. The first-order chi connectivity index (χ1) is 9.76. The first kappa shape index (κ1) is 13.0. The number of fused-ring (bicyclic) bond motifs is 1. The number of hydrogen-bond donors (Lipinski definition) is 1. The zero-order valence-electron chi connectivity index (χ0n) is 11.6. The second-order valence-electron chi connectivity index (χ2n) is 5.18. The summed E-state index contributed by atoms with van der Waals surface area (Å²) in [5.41, 5.74) is 8.60. The molecule has 2 atom stereocenters. The zero-order valence-corrected chi connectivity index (χ0v) is 11.6. The molecule has 2 aromatic rings. The summed E-state index contributed by atoms with van der Waals surface area (Å²) in [6.45, 7) is 0. The summed E-state index contributed by atoms with van der Waals surface area (Å²) in [5.74, 6) is 1.65. The van der Waals surface area contributed by atoms with Gasteiger partial charge in [-0.3, -0.25) is 0 Å². The average Bonchev–Trinajstić information content (AvgIpc) is 2.47. The molecule has 0 fully saturated rings. The zero-order chi connectivity index (χ0) is 13.9. The molecule has 0 saturated heterocycles. The molecule has 0 spiro atoms. The van der Waals surface area contributed by atoms with Gasteiger partial charge in [-0.2, -0.15) is 0 Å². The Morgan fingerprint density at radius 3 is 2.75 bits per heavy atom. The Morgan fingerprint density at radius 1 is 1.20 bits per heavy atom. The topological polar surface area (TPSA) is 44.5 Å². The van der Waals surface area contributed by atoms with Gasteiger partial charge >= 0.3 is 0 Å². The van der Waals surface area contributed by atoms with Crippen molar-refractivity contribution in [2.45, 2.75) is 25.0 Å². The second kappa shape index (κ2) is 5.55. The number of hydrogen-bond acceptors (Lipinski definition) is 3. The lowest BCUT2D eigenvalue weighted by atomic mass is 9.94. The maximum Gasteiger partial charge on any atom is 0.128 e. The van der Waals surface area contributed by atoms with Crippen LogP contribution in [0.4, 0.5) is 0 Å². The molecule has 1 heterocycles. The van der Waals surface area contributed by atoms with Crippen molar-refractivity contribution in [1.82, 2.24) is 0 Å². The highest BCUT2D eigenvalue weighted by molar-refractivity contribution is 5.44. The van der Waals surface area contributed by atoms with Crippen LogP contribution in [0.1, 0.15) is 23.6 Å². The molecule has 2 aromatic carbocycles. The fraction of sp³-hybridized carbons (Fsp3) is 0.294. The van der Waals surface area contributed by atoms with Crippen molar-refractivity contribution < 1.29 is 9.47 Å². The van der Waals surface area contributed by atoms with E-state index in [2.05, 4.69) is 24.3 Å². The van der Waals surface area contributed by atoms with Gasteiger partial charge in [0.05, 0.1) is 7.11 Å². The second-order valence-corrected chi connectivity index (χ2v) is 5.18. The van der Waals surface area contributed by atoms with Crippen LogP contribution in [0.25, 0.3) is 0 Å². The van der Waals surface area contributed by atoms with Crippen LogP contribution in [0.2, 0.25) is 0 Å². The summed E-state index contributed by atoms with van der Waals surface area (Å²) >= 11 is 0. The molecule has 0 saturated carbocycles. The highest BCUT2D eigenvalue weighted by Gasteiger charge is 2.26. The van der Waals surface area contributed by atoms with Gasteiger partial charge in [-0.15, -0.1) is 0 Å². The molecular weight excluding hydrogens is 250 g/mol. The molecule has 3 nitrogen and oxygen atoms in total. The Balaban J connectivity index is 1.80. The van der Waals surface area contributed by atoms with Crippen LogP contribution in [-0.2, 0) is 6.42 Å². The fourth-order valence-corrected chi connectivity index (χ4v) is 2.69. The Labute approximate surface area is 119 Å². The standard InChI is InChI=1S/C17H19NO2/c1-19-13-7-8-15-16(18)10-14(20-17(15)11-13)9-12-5-3-2-4-6-12/h2-8,11,14,16H,9-10,18H2,1H3/t14?,16-/m1/s1. The Bertz CT molecular complexity index is 583. The Morgan fingerprint density at radius 2 is 2.00 bits per heavy atom. The van der Waals surface area contributed by atoms with Crippen LogP contribution in [-0.4, -0.2) is 13.2 Å². The van der Waals surface area contributed by atoms with E-state index in [-0.39, 0.29) is 12.1 Å². The van der Waals surface area contributed by atoms with Crippen LogP contribution in [0.15, 0.2) is 48.5 Å². The lowest BCUT2D eigenvalue weighted by Crippen LogP contribution is -2.31. The monoisotopic (exact) mass is 269 g/mol. The minimum absolute atomic E-state index is 0.0263. The summed E-state index contributed by atoms with van der Waals surface area (Å²) in [6, 6.07) is 16.2. The average molecular weight is 269 g/mol. The van der Waals surface area contributed by atoms with E-state index in [1.54, 1.807) is 7.11 Å². The van der Waals surface area contributed by atoms with E-state index < -0.39 is 0 Å². The molecule has 1 unspecified atom stereocenters. The lowest BCUT2D eigenvalue weighted by Gasteiger charge is -2.30. The number of nitrogens with two attached hydrogens (primary N) is 1. The SMILES string of the molecule is COc1ccc2c(c1)OC(Cc1ccccc1)C[C@H]2N. The van der Waals surface area contributed by atoms with Crippen molar-refractivity contribution in [1.29, 1.82) is 0 Å². The third kappa shape index (κ3) is 2.63. The van der Waals surface area contributed by atoms with Crippen molar-refractivity contribution in [2.24, 2.45) is 5.73 Å². The molecule has 0 bridgehead atoms. The predicted molar refractivity (Wildman–Crippen MR) is 79.1 cm³/mol. The molecule has 0 aliphatic carbocycles. The lowest BCUT2D eigenvalue weighted by molar-refractivity contribution is 0.158. The van der Waals surface area contributed by atoms with Gasteiger partial charge in [0, 0.05) is 30.5 Å². The van der Waals surface area contributed by atoms with Gasteiger partial charge in [-0.1, -0.05) is 36.4 Å². The van der Waals surface area contributed by atoms with E-state index in [1.807, 2.05) is 24.3 Å². The first-order valence-electron chi connectivity index (χ1n) is 6.90. The summed E-state index contributed by atoms with van der Waals surface area (Å²) < 4.78 is 11.3. The van der Waals surface area contributed by atoms with Crippen LogP contribution >= 0.6 is 0 Å². The molecule has 0 amide bonds. The van der Waals surface area contributed by atoms with E-state index in [4.69, 9.17) is 15.2 Å². The molecular formula is C17H19NO2. The van der Waals surface area contributed by atoms with Gasteiger partial charge in [-0.25, -0.2) is 0 Å². The molecule has 2 N–H and O–H groups in total. The van der Waals surface area contributed by atoms with Crippen LogP contribution in [0.3, 0.4) is 0 Å². The molecule has 0 aromatic heterocycles. The van der Waals surface area contributed by atoms with E-state index in [1.165, 1.54) is 5.56 Å². The molecule has 104 valence electrons. The largest absolute Gasteiger partial charge is 0.497 e. The van der Waals surface area contributed by atoms with E-state index in [0.717, 1.165) is 29.9 Å². The molecule has 1 aliphatic rings. The van der Waals surface area contributed by atoms with E-state index in [9.17, 15) is 0 Å². The summed E-state index contributed by atoms with van der Waals surface area (Å²) in [6.07, 6.45) is 1.84. The van der Waals surface area contributed by atoms with Crippen molar-refractivity contribution in [2.75, 3.05) is 7.11 Å².